The van der Waals surface area contributed by atoms with Crippen molar-refractivity contribution in [2.24, 2.45) is 0 Å². The third-order valence-electron chi connectivity index (χ3n) is 3.46. The fourth-order valence-corrected chi connectivity index (χ4v) is 2.20. The molecule has 0 spiro atoms. The second-order valence-electron chi connectivity index (χ2n) is 4.54. The van der Waals surface area contributed by atoms with Gasteiger partial charge in [0.2, 0.25) is 0 Å². The van der Waals surface area contributed by atoms with Gasteiger partial charge in [-0.2, -0.15) is 0 Å². The van der Waals surface area contributed by atoms with Crippen LogP contribution in [0.1, 0.15) is 22.3 Å². The van der Waals surface area contributed by atoms with Gasteiger partial charge in [0.15, 0.2) is 5.82 Å². The van der Waals surface area contributed by atoms with Crippen LogP contribution in [0, 0.1) is 27.7 Å². The van der Waals surface area contributed by atoms with E-state index >= 15 is 0 Å². The molecule has 0 saturated heterocycles. The van der Waals surface area contributed by atoms with Crippen LogP contribution in [0.4, 0.5) is 5.82 Å². The molecule has 4 heteroatoms. The second kappa shape index (κ2) is 4.72. The first-order valence-corrected chi connectivity index (χ1v) is 5.99. The molecular weight excluding hydrogens is 224 g/mol. The Morgan fingerprint density at radius 3 is 2.17 bits per heavy atom. The Hall–Kier alpha value is -1.97. The summed E-state index contributed by atoms with van der Waals surface area (Å²) in [6, 6.07) is 2.21. The monoisotopic (exact) mass is 242 g/mol. The summed E-state index contributed by atoms with van der Waals surface area (Å²) >= 11 is 0. The third kappa shape index (κ3) is 1.94. The Morgan fingerprint density at radius 1 is 1.00 bits per heavy atom. The molecule has 0 atom stereocenters. The average molecular weight is 242 g/mol. The molecule has 2 rings (SSSR count). The van der Waals surface area contributed by atoms with Crippen molar-refractivity contribution >= 4 is 5.82 Å². The summed E-state index contributed by atoms with van der Waals surface area (Å²) < 4.78 is 0. The maximum Gasteiger partial charge on any atom is 0.156 e. The van der Waals surface area contributed by atoms with Crippen LogP contribution in [-0.4, -0.2) is 22.2 Å². The number of hydrogen-bond acceptors (Lipinski definition) is 4. The quantitative estimate of drug-likeness (QED) is 0.879. The SMILES string of the molecule is CNc1ncnnc1-c1c(C)c(C)cc(C)c1C. The van der Waals surface area contributed by atoms with Crippen LogP contribution < -0.4 is 5.32 Å². The number of aryl methyl sites for hydroxylation is 2. The van der Waals surface area contributed by atoms with E-state index in [1.165, 1.54) is 28.6 Å². The highest BCUT2D eigenvalue weighted by atomic mass is 15.2. The standard InChI is InChI=1S/C14H18N4/c1-8-6-9(2)11(4)12(10(8)3)13-14(15-5)16-7-17-18-13/h6-7H,1-5H3,(H,15,16,17). The highest BCUT2D eigenvalue weighted by Crippen LogP contribution is 2.32. The first-order valence-electron chi connectivity index (χ1n) is 5.99. The predicted molar refractivity (Wildman–Crippen MR) is 73.8 cm³/mol. The molecule has 0 aliphatic rings. The summed E-state index contributed by atoms with van der Waals surface area (Å²) in [7, 11) is 1.85. The normalized spacial score (nSPS) is 10.5. The van der Waals surface area contributed by atoms with Gasteiger partial charge in [-0.25, -0.2) is 4.98 Å². The molecular formula is C14H18N4. The molecule has 0 unspecified atom stereocenters. The van der Waals surface area contributed by atoms with Crippen molar-refractivity contribution in [1.82, 2.24) is 15.2 Å². The van der Waals surface area contributed by atoms with Crippen molar-refractivity contribution in [2.75, 3.05) is 12.4 Å². The molecule has 0 aliphatic heterocycles. The van der Waals surface area contributed by atoms with Gasteiger partial charge >= 0.3 is 0 Å². The van der Waals surface area contributed by atoms with E-state index in [1.54, 1.807) is 0 Å². The molecule has 0 amide bonds. The van der Waals surface area contributed by atoms with Gasteiger partial charge in [-0.05, 0) is 49.9 Å². The molecule has 4 nitrogen and oxygen atoms in total. The van der Waals surface area contributed by atoms with E-state index in [0.29, 0.717) is 0 Å². The van der Waals surface area contributed by atoms with E-state index in [9.17, 15) is 0 Å². The Kier molecular flexibility index (Phi) is 3.28. The summed E-state index contributed by atoms with van der Waals surface area (Å²) in [4.78, 5) is 4.23. The summed E-state index contributed by atoms with van der Waals surface area (Å²) in [5.41, 5.74) is 6.95. The molecule has 0 bridgehead atoms. The van der Waals surface area contributed by atoms with E-state index in [1.807, 2.05) is 7.05 Å². The third-order valence-corrected chi connectivity index (χ3v) is 3.46. The summed E-state index contributed by atoms with van der Waals surface area (Å²) in [6.07, 6.45) is 1.46. The molecule has 0 fully saturated rings. The van der Waals surface area contributed by atoms with Gasteiger partial charge in [0.1, 0.15) is 12.0 Å². The minimum absolute atomic E-state index is 0.765. The lowest BCUT2D eigenvalue weighted by Gasteiger charge is -2.15. The molecule has 2 aromatic rings. The first kappa shape index (κ1) is 12.5. The van der Waals surface area contributed by atoms with E-state index in [2.05, 4.69) is 54.3 Å². The molecule has 1 aromatic heterocycles. The highest BCUT2D eigenvalue weighted by molar-refractivity contribution is 5.77. The zero-order valence-corrected chi connectivity index (χ0v) is 11.5. The van der Waals surface area contributed by atoms with Crippen molar-refractivity contribution in [3.05, 3.63) is 34.6 Å². The van der Waals surface area contributed by atoms with Gasteiger partial charge in [-0.3, -0.25) is 0 Å². The topological polar surface area (TPSA) is 50.7 Å². The van der Waals surface area contributed by atoms with Crippen LogP contribution >= 0.6 is 0 Å². The number of hydrogen-bond donors (Lipinski definition) is 1. The summed E-state index contributed by atoms with van der Waals surface area (Å²) in [5.74, 6) is 0.765. The van der Waals surface area contributed by atoms with Crippen LogP contribution in [-0.2, 0) is 0 Å². The van der Waals surface area contributed by atoms with Gasteiger partial charge in [-0.1, -0.05) is 6.07 Å². The number of rotatable bonds is 2. The maximum atomic E-state index is 4.25. The molecule has 0 saturated carbocycles. The van der Waals surface area contributed by atoms with Gasteiger partial charge in [0.25, 0.3) is 0 Å². The van der Waals surface area contributed by atoms with Crippen molar-refractivity contribution in [3.8, 4) is 11.3 Å². The molecule has 94 valence electrons. The van der Waals surface area contributed by atoms with E-state index < -0.39 is 0 Å². The lowest BCUT2D eigenvalue weighted by molar-refractivity contribution is 0.973. The van der Waals surface area contributed by atoms with Crippen LogP contribution in [0.2, 0.25) is 0 Å². The van der Waals surface area contributed by atoms with Gasteiger partial charge in [-0.15, -0.1) is 10.2 Å². The number of nitrogens with zero attached hydrogens (tertiary/aromatic N) is 3. The first-order chi connectivity index (χ1) is 8.56. The maximum absolute atomic E-state index is 4.25. The minimum atomic E-state index is 0.765. The van der Waals surface area contributed by atoms with E-state index in [0.717, 1.165) is 17.1 Å². The number of aromatic nitrogens is 3. The van der Waals surface area contributed by atoms with Crippen LogP contribution in [0.25, 0.3) is 11.3 Å². The summed E-state index contributed by atoms with van der Waals surface area (Å²) in [6.45, 7) is 8.47. The molecule has 1 aromatic carbocycles. The van der Waals surface area contributed by atoms with Crippen LogP contribution in [0.15, 0.2) is 12.4 Å². The molecule has 18 heavy (non-hydrogen) atoms. The fraction of sp³-hybridized carbons (Fsp3) is 0.357. The fourth-order valence-electron chi connectivity index (χ4n) is 2.20. The zero-order valence-electron chi connectivity index (χ0n) is 11.5. The van der Waals surface area contributed by atoms with Gasteiger partial charge in [0, 0.05) is 12.6 Å². The Bertz CT molecular complexity index is 564. The minimum Gasteiger partial charge on any atom is -0.371 e. The largest absolute Gasteiger partial charge is 0.371 e. The molecule has 0 radical (unpaired) electrons. The van der Waals surface area contributed by atoms with Crippen molar-refractivity contribution < 1.29 is 0 Å². The van der Waals surface area contributed by atoms with E-state index in [4.69, 9.17) is 0 Å². The second-order valence-corrected chi connectivity index (χ2v) is 4.54. The van der Waals surface area contributed by atoms with Gasteiger partial charge in [0.05, 0.1) is 0 Å². The lowest BCUT2D eigenvalue weighted by atomic mass is 9.92. The van der Waals surface area contributed by atoms with Crippen molar-refractivity contribution in [2.45, 2.75) is 27.7 Å². The Labute approximate surface area is 107 Å². The van der Waals surface area contributed by atoms with Gasteiger partial charge < -0.3 is 5.32 Å². The lowest BCUT2D eigenvalue weighted by Crippen LogP contribution is -2.03. The molecule has 0 aliphatic carbocycles. The van der Waals surface area contributed by atoms with Crippen LogP contribution in [0.5, 0.6) is 0 Å². The Morgan fingerprint density at radius 2 is 1.61 bits per heavy atom. The Balaban J connectivity index is 2.78. The number of benzene rings is 1. The van der Waals surface area contributed by atoms with Crippen molar-refractivity contribution in [1.29, 1.82) is 0 Å². The predicted octanol–water partition coefficient (Wildman–Crippen LogP) is 2.81. The summed E-state index contributed by atoms with van der Waals surface area (Å²) in [5, 5.41) is 11.2. The number of nitrogens with one attached hydrogen (secondary N) is 1. The van der Waals surface area contributed by atoms with E-state index in [-0.39, 0.29) is 0 Å². The number of anilines is 1. The zero-order chi connectivity index (χ0) is 13.3. The molecule has 1 heterocycles. The van der Waals surface area contributed by atoms with Crippen molar-refractivity contribution in [3.63, 3.8) is 0 Å². The highest BCUT2D eigenvalue weighted by Gasteiger charge is 2.15. The average Bonchev–Trinajstić information content (AvgIpc) is 2.37. The smallest absolute Gasteiger partial charge is 0.156 e. The molecule has 1 N–H and O–H groups in total. The van der Waals surface area contributed by atoms with Crippen LogP contribution in [0.3, 0.4) is 0 Å².